The summed E-state index contributed by atoms with van der Waals surface area (Å²) in [4.78, 5) is 12.3. The number of benzene rings is 1. The van der Waals surface area contributed by atoms with E-state index < -0.39 is 0 Å². The minimum Gasteiger partial charge on any atom is -0.480 e. The first-order chi connectivity index (χ1) is 11.7. The number of fused-ring (bicyclic) bond motifs is 2. The predicted octanol–water partition coefficient (Wildman–Crippen LogP) is 1.07. The number of methoxy groups -OCH3 is 1. The molecule has 0 bridgehead atoms. The van der Waals surface area contributed by atoms with E-state index in [9.17, 15) is 4.79 Å². The van der Waals surface area contributed by atoms with Crippen molar-refractivity contribution in [3.05, 3.63) is 41.7 Å². The molecule has 3 heterocycles. The maximum atomic E-state index is 12.3. The van der Waals surface area contributed by atoms with Crippen LogP contribution >= 0.6 is 11.7 Å². The molecule has 0 aliphatic rings. The summed E-state index contributed by atoms with van der Waals surface area (Å²) in [6, 6.07) is 8.63. The fourth-order valence-corrected chi connectivity index (χ4v) is 2.74. The van der Waals surface area contributed by atoms with Gasteiger partial charge in [0.25, 0.3) is 5.91 Å². The zero-order valence-corrected chi connectivity index (χ0v) is 13.3. The van der Waals surface area contributed by atoms with Crippen LogP contribution in [-0.2, 0) is 6.54 Å². The van der Waals surface area contributed by atoms with Crippen molar-refractivity contribution < 1.29 is 9.53 Å². The van der Waals surface area contributed by atoms with Crippen LogP contribution in [0, 0.1) is 0 Å². The Hall–Kier alpha value is -3.14. The van der Waals surface area contributed by atoms with Crippen molar-refractivity contribution in [3.8, 4) is 5.88 Å². The lowest BCUT2D eigenvalue weighted by molar-refractivity contribution is 0.0950. The van der Waals surface area contributed by atoms with Gasteiger partial charge < -0.3 is 10.1 Å². The molecule has 0 atom stereocenters. The Morgan fingerprint density at radius 1 is 1.21 bits per heavy atom. The molecule has 0 saturated carbocycles. The van der Waals surface area contributed by atoms with Gasteiger partial charge in [0.15, 0.2) is 11.5 Å². The third-order valence-corrected chi connectivity index (χ3v) is 3.99. The second-order valence-corrected chi connectivity index (χ2v) is 5.44. The van der Waals surface area contributed by atoms with E-state index in [1.54, 1.807) is 30.3 Å². The monoisotopic (exact) mass is 341 g/mol. The van der Waals surface area contributed by atoms with Crippen LogP contribution in [0.3, 0.4) is 0 Å². The van der Waals surface area contributed by atoms with E-state index in [4.69, 9.17) is 4.74 Å². The van der Waals surface area contributed by atoms with E-state index in [2.05, 4.69) is 29.4 Å². The lowest BCUT2D eigenvalue weighted by atomic mass is 10.2. The van der Waals surface area contributed by atoms with E-state index in [0.717, 1.165) is 17.2 Å². The van der Waals surface area contributed by atoms with Gasteiger partial charge in [0.05, 0.1) is 25.4 Å². The lowest BCUT2D eigenvalue weighted by Gasteiger charge is -2.04. The average Bonchev–Trinajstić information content (AvgIpc) is 3.24. The van der Waals surface area contributed by atoms with E-state index in [-0.39, 0.29) is 12.5 Å². The van der Waals surface area contributed by atoms with Crippen molar-refractivity contribution in [3.63, 3.8) is 0 Å². The summed E-state index contributed by atoms with van der Waals surface area (Å²) >= 11 is 1.12. The lowest BCUT2D eigenvalue weighted by Crippen LogP contribution is -2.24. The molecular weight excluding hydrogens is 330 g/mol. The van der Waals surface area contributed by atoms with Crippen LogP contribution in [0.25, 0.3) is 16.7 Å². The topological polar surface area (TPSA) is 107 Å². The summed E-state index contributed by atoms with van der Waals surface area (Å²) in [5, 5.41) is 15.1. The molecule has 0 unspecified atom stereocenters. The van der Waals surface area contributed by atoms with Crippen LogP contribution in [0.5, 0.6) is 5.88 Å². The largest absolute Gasteiger partial charge is 0.480 e. The van der Waals surface area contributed by atoms with Gasteiger partial charge in [0.2, 0.25) is 5.88 Å². The van der Waals surface area contributed by atoms with Gasteiger partial charge in [-0.05, 0) is 24.3 Å². The molecule has 0 saturated heterocycles. The zero-order chi connectivity index (χ0) is 16.5. The first kappa shape index (κ1) is 14.5. The van der Waals surface area contributed by atoms with Gasteiger partial charge in [-0.25, -0.2) is 0 Å². The predicted molar refractivity (Wildman–Crippen MR) is 85.9 cm³/mol. The summed E-state index contributed by atoms with van der Waals surface area (Å²) in [5.74, 6) is 0.717. The van der Waals surface area contributed by atoms with E-state index in [1.165, 1.54) is 11.6 Å². The van der Waals surface area contributed by atoms with E-state index in [0.29, 0.717) is 28.4 Å². The van der Waals surface area contributed by atoms with Crippen LogP contribution in [-0.4, -0.2) is 41.6 Å². The van der Waals surface area contributed by atoms with Crippen molar-refractivity contribution in [2.45, 2.75) is 6.54 Å². The Labute approximate surface area is 139 Å². The van der Waals surface area contributed by atoms with Gasteiger partial charge in [-0.15, -0.1) is 15.3 Å². The number of hydrogen-bond donors (Lipinski definition) is 1. The van der Waals surface area contributed by atoms with Crippen LogP contribution in [0.15, 0.2) is 30.3 Å². The minimum absolute atomic E-state index is 0.188. The third-order valence-electron chi connectivity index (χ3n) is 3.44. The number of ether oxygens (including phenoxy) is 1. The second-order valence-electron chi connectivity index (χ2n) is 4.91. The SMILES string of the molecule is COc1ccc2nnc(CNC(=O)c3ccc4nsnc4c3)n2n1. The van der Waals surface area contributed by atoms with Crippen molar-refractivity contribution in [1.82, 2.24) is 33.9 Å². The molecule has 0 aliphatic heterocycles. The molecule has 10 heteroatoms. The highest BCUT2D eigenvalue weighted by Gasteiger charge is 2.12. The van der Waals surface area contributed by atoms with Gasteiger partial charge in [0, 0.05) is 11.6 Å². The summed E-state index contributed by atoms with van der Waals surface area (Å²) in [6.45, 7) is 0.188. The smallest absolute Gasteiger partial charge is 0.251 e. The summed E-state index contributed by atoms with van der Waals surface area (Å²) < 4.78 is 14.9. The van der Waals surface area contributed by atoms with Gasteiger partial charge in [-0.3, -0.25) is 4.79 Å². The number of rotatable bonds is 4. The number of aromatic nitrogens is 6. The van der Waals surface area contributed by atoms with Gasteiger partial charge >= 0.3 is 0 Å². The highest BCUT2D eigenvalue weighted by molar-refractivity contribution is 7.00. The molecule has 3 aromatic heterocycles. The van der Waals surface area contributed by atoms with Crippen LogP contribution in [0.2, 0.25) is 0 Å². The first-order valence-corrected chi connectivity index (χ1v) is 7.73. The Morgan fingerprint density at radius 2 is 2.08 bits per heavy atom. The molecule has 0 spiro atoms. The number of nitrogens with zero attached hydrogens (tertiary/aromatic N) is 6. The van der Waals surface area contributed by atoms with Crippen LogP contribution < -0.4 is 10.1 Å². The van der Waals surface area contributed by atoms with Crippen molar-refractivity contribution in [2.75, 3.05) is 7.11 Å². The maximum absolute atomic E-state index is 12.3. The molecule has 0 radical (unpaired) electrons. The minimum atomic E-state index is -0.232. The Bertz CT molecular complexity index is 1040. The number of hydrogen-bond acceptors (Lipinski definition) is 8. The fraction of sp³-hybridized carbons (Fsp3) is 0.143. The molecule has 0 aliphatic carbocycles. The molecule has 4 rings (SSSR count). The first-order valence-electron chi connectivity index (χ1n) is 7.00. The highest BCUT2D eigenvalue weighted by Crippen LogP contribution is 2.14. The van der Waals surface area contributed by atoms with E-state index in [1.807, 2.05) is 0 Å². The van der Waals surface area contributed by atoms with Crippen molar-refractivity contribution in [1.29, 1.82) is 0 Å². The Balaban J connectivity index is 1.54. The van der Waals surface area contributed by atoms with Crippen molar-refractivity contribution >= 4 is 34.3 Å². The normalized spacial score (nSPS) is 11.0. The van der Waals surface area contributed by atoms with Gasteiger partial charge in [-0.1, -0.05) is 0 Å². The standard InChI is InChI=1S/C14H11N7O2S/c1-23-13-5-4-11-16-17-12(21(11)18-13)7-15-14(22)8-2-3-9-10(6-8)20-24-19-9/h2-6H,7H2,1H3,(H,15,22). The quantitative estimate of drug-likeness (QED) is 0.591. The molecule has 120 valence electrons. The molecule has 0 fully saturated rings. The van der Waals surface area contributed by atoms with Crippen molar-refractivity contribution in [2.24, 2.45) is 0 Å². The number of carbonyl (C=O) groups is 1. The number of carbonyl (C=O) groups excluding carboxylic acids is 1. The average molecular weight is 341 g/mol. The van der Waals surface area contributed by atoms with Crippen LogP contribution in [0.1, 0.15) is 16.2 Å². The zero-order valence-electron chi connectivity index (χ0n) is 12.5. The highest BCUT2D eigenvalue weighted by atomic mass is 32.1. The number of nitrogens with one attached hydrogen (secondary N) is 1. The molecular formula is C14H11N7O2S. The fourth-order valence-electron chi connectivity index (χ4n) is 2.22. The second kappa shape index (κ2) is 5.81. The van der Waals surface area contributed by atoms with Gasteiger partial charge in [0.1, 0.15) is 11.0 Å². The molecule has 1 aromatic carbocycles. The molecule has 1 amide bonds. The molecule has 1 N–H and O–H groups in total. The molecule has 9 nitrogen and oxygen atoms in total. The molecule has 4 aromatic rings. The third kappa shape index (κ3) is 2.52. The summed E-state index contributed by atoms with van der Waals surface area (Å²) in [6.07, 6.45) is 0. The van der Waals surface area contributed by atoms with Gasteiger partial charge in [-0.2, -0.15) is 13.3 Å². The van der Waals surface area contributed by atoms with Crippen LogP contribution in [0.4, 0.5) is 0 Å². The Kier molecular flexibility index (Phi) is 3.50. The maximum Gasteiger partial charge on any atom is 0.251 e. The summed E-state index contributed by atoms with van der Waals surface area (Å²) in [5.41, 5.74) is 2.56. The Morgan fingerprint density at radius 3 is 2.96 bits per heavy atom. The van der Waals surface area contributed by atoms with E-state index >= 15 is 0 Å². The number of amides is 1. The summed E-state index contributed by atoms with van der Waals surface area (Å²) in [7, 11) is 1.53. The molecule has 24 heavy (non-hydrogen) atoms.